The molecule has 0 spiro atoms. The number of hydrogen-bond acceptors (Lipinski definition) is 4. The number of nitrogens with zero attached hydrogens (tertiary/aromatic N) is 2. The van der Waals surface area contributed by atoms with E-state index in [1.54, 1.807) is 24.0 Å². The molecule has 7 heteroatoms. The number of benzene rings is 2. The summed E-state index contributed by atoms with van der Waals surface area (Å²) < 4.78 is 5.32. The number of halogens is 2. The summed E-state index contributed by atoms with van der Waals surface area (Å²) >= 11 is 12.0. The first-order valence-corrected chi connectivity index (χ1v) is 9.91. The molecule has 28 heavy (non-hydrogen) atoms. The van der Waals surface area contributed by atoms with Crippen LogP contribution in [0, 0.1) is 0 Å². The van der Waals surface area contributed by atoms with E-state index in [9.17, 15) is 9.59 Å². The lowest BCUT2D eigenvalue weighted by Gasteiger charge is -2.35. The van der Waals surface area contributed by atoms with E-state index in [2.05, 4.69) is 17.0 Å². The standard InChI is InChI=1S/C21H22Cl2N2O3/c1-15(28-21(27)17-8-5-9-18(22)19(17)23)20(26)25-12-10-24(11-13-25)14-16-6-3-2-4-7-16/h2-9,15H,10-14H2,1H3. The van der Waals surface area contributed by atoms with Crippen LogP contribution in [0.4, 0.5) is 0 Å². The van der Waals surface area contributed by atoms with Gasteiger partial charge in [-0.05, 0) is 24.6 Å². The first kappa shape index (κ1) is 20.6. The monoisotopic (exact) mass is 420 g/mol. The number of hydrogen-bond donors (Lipinski definition) is 0. The Hall–Kier alpha value is -2.08. The van der Waals surface area contributed by atoms with Gasteiger partial charge in [0.1, 0.15) is 0 Å². The van der Waals surface area contributed by atoms with Crippen molar-refractivity contribution in [3.63, 3.8) is 0 Å². The van der Waals surface area contributed by atoms with Crippen LogP contribution in [-0.4, -0.2) is 54.0 Å². The summed E-state index contributed by atoms with van der Waals surface area (Å²) in [4.78, 5) is 29.0. The summed E-state index contributed by atoms with van der Waals surface area (Å²) in [6.07, 6.45) is -0.886. The molecule has 2 aromatic carbocycles. The molecule has 148 valence electrons. The molecule has 1 aliphatic rings. The highest BCUT2D eigenvalue weighted by Crippen LogP contribution is 2.26. The second-order valence-corrected chi connectivity index (χ2v) is 7.52. The summed E-state index contributed by atoms with van der Waals surface area (Å²) in [6.45, 7) is 5.20. The fourth-order valence-corrected chi connectivity index (χ4v) is 3.54. The third kappa shape index (κ3) is 5.04. The molecule has 5 nitrogen and oxygen atoms in total. The Kier molecular flexibility index (Phi) is 6.94. The Bertz CT molecular complexity index is 837. The van der Waals surface area contributed by atoms with E-state index in [0.717, 1.165) is 19.6 Å². The number of piperazine rings is 1. The summed E-state index contributed by atoms with van der Waals surface area (Å²) in [5.41, 5.74) is 1.41. The van der Waals surface area contributed by atoms with Crippen LogP contribution in [0.5, 0.6) is 0 Å². The third-order valence-electron chi connectivity index (χ3n) is 4.74. The molecule has 1 heterocycles. The predicted octanol–water partition coefficient (Wildman–Crippen LogP) is 3.88. The Labute approximate surface area is 174 Å². The van der Waals surface area contributed by atoms with Gasteiger partial charge in [0.15, 0.2) is 6.10 Å². The van der Waals surface area contributed by atoms with E-state index in [1.807, 2.05) is 18.2 Å². The lowest BCUT2D eigenvalue weighted by atomic mass is 10.2. The third-order valence-corrected chi connectivity index (χ3v) is 5.55. The number of esters is 1. The zero-order valence-electron chi connectivity index (χ0n) is 15.6. The van der Waals surface area contributed by atoms with E-state index < -0.39 is 12.1 Å². The Morgan fingerprint density at radius 3 is 2.36 bits per heavy atom. The summed E-state index contributed by atoms with van der Waals surface area (Å²) in [5, 5.41) is 0.396. The zero-order chi connectivity index (χ0) is 20.1. The number of carbonyl (C=O) groups is 2. The minimum absolute atomic E-state index is 0.128. The van der Waals surface area contributed by atoms with Crippen LogP contribution in [0.3, 0.4) is 0 Å². The van der Waals surface area contributed by atoms with Crippen molar-refractivity contribution in [2.75, 3.05) is 26.2 Å². The highest BCUT2D eigenvalue weighted by Gasteiger charge is 2.28. The van der Waals surface area contributed by atoms with Gasteiger partial charge in [0, 0.05) is 32.7 Å². The van der Waals surface area contributed by atoms with Crippen LogP contribution < -0.4 is 0 Å². The first-order chi connectivity index (χ1) is 13.5. The minimum Gasteiger partial charge on any atom is -0.449 e. The molecule has 0 N–H and O–H groups in total. The van der Waals surface area contributed by atoms with E-state index in [4.69, 9.17) is 27.9 Å². The zero-order valence-corrected chi connectivity index (χ0v) is 17.1. The van der Waals surface area contributed by atoms with Gasteiger partial charge in [-0.15, -0.1) is 0 Å². The molecule has 1 atom stereocenters. The molecule has 0 bridgehead atoms. The highest BCUT2D eigenvalue weighted by molar-refractivity contribution is 6.43. The predicted molar refractivity (Wildman–Crippen MR) is 110 cm³/mol. The number of rotatable bonds is 5. The van der Waals surface area contributed by atoms with Crippen LogP contribution in [0.15, 0.2) is 48.5 Å². The molecule has 1 fully saturated rings. The quantitative estimate of drug-likeness (QED) is 0.688. The van der Waals surface area contributed by atoms with Gasteiger partial charge >= 0.3 is 5.97 Å². The highest BCUT2D eigenvalue weighted by atomic mass is 35.5. The van der Waals surface area contributed by atoms with Gasteiger partial charge in [-0.2, -0.15) is 0 Å². The van der Waals surface area contributed by atoms with Gasteiger partial charge < -0.3 is 9.64 Å². The largest absolute Gasteiger partial charge is 0.449 e. The minimum atomic E-state index is -0.886. The number of carbonyl (C=O) groups excluding carboxylic acids is 2. The summed E-state index contributed by atoms with van der Waals surface area (Å²) in [5.74, 6) is -0.859. The van der Waals surface area contributed by atoms with Crippen LogP contribution in [0.25, 0.3) is 0 Å². The smallest absolute Gasteiger partial charge is 0.340 e. The van der Waals surface area contributed by atoms with Crippen molar-refractivity contribution in [3.8, 4) is 0 Å². The maximum Gasteiger partial charge on any atom is 0.340 e. The summed E-state index contributed by atoms with van der Waals surface area (Å²) in [6, 6.07) is 15.0. The molecule has 1 saturated heterocycles. The van der Waals surface area contributed by atoms with Crippen LogP contribution in [-0.2, 0) is 16.1 Å². The molecule has 3 rings (SSSR count). The second kappa shape index (κ2) is 9.41. The first-order valence-electron chi connectivity index (χ1n) is 9.16. The Balaban J connectivity index is 1.51. The maximum atomic E-state index is 12.7. The van der Waals surface area contributed by atoms with Crippen molar-refractivity contribution in [1.82, 2.24) is 9.80 Å². The Morgan fingerprint density at radius 2 is 1.68 bits per heavy atom. The van der Waals surface area contributed by atoms with Crippen molar-refractivity contribution in [3.05, 3.63) is 69.7 Å². The van der Waals surface area contributed by atoms with Gasteiger partial charge in [-0.3, -0.25) is 9.69 Å². The Morgan fingerprint density at radius 1 is 1.00 bits per heavy atom. The van der Waals surface area contributed by atoms with Crippen LogP contribution in [0.1, 0.15) is 22.8 Å². The van der Waals surface area contributed by atoms with Crippen LogP contribution >= 0.6 is 23.2 Å². The average Bonchev–Trinajstić information content (AvgIpc) is 2.70. The topological polar surface area (TPSA) is 49.9 Å². The van der Waals surface area contributed by atoms with Crippen LogP contribution in [0.2, 0.25) is 10.0 Å². The molecule has 0 saturated carbocycles. The molecular weight excluding hydrogens is 399 g/mol. The van der Waals surface area contributed by atoms with Crippen molar-refractivity contribution in [2.24, 2.45) is 0 Å². The van der Waals surface area contributed by atoms with Gasteiger partial charge in [-0.1, -0.05) is 59.6 Å². The van der Waals surface area contributed by atoms with Gasteiger partial charge in [0.2, 0.25) is 0 Å². The van der Waals surface area contributed by atoms with Crippen molar-refractivity contribution in [2.45, 2.75) is 19.6 Å². The fraction of sp³-hybridized carbons (Fsp3) is 0.333. The van der Waals surface area contributed by atoms with Crippen molar-refractivity contribution >= 4 is 35.1 Å². The van der Waals surface area contributed by atoms with E-state index >= 15 is 0 Å². The second-order valence-electron chi connectivity index (χ2n) is 6.74. The fourth-order valence-electron chi connectivity index (χ4n) is 3.16. The molecule has 0 aliphatic carbocycles. The number of ether oxygens (including phenoxy) is 1. The molecular formula is C21H22Cl2N2O3. The lowest BCUT2D eigenvalue weighted by Crippen LogP contribution is -2.51. The van der Waals surface area contributed by atoms with Crippen molar-refractivity contribution in [1.29, 1.82) is 0 Å². The van der Waals surface area contributed by atoms with Gasteiger partial charge in [-0.25, -0.2) is 4.79 Å². The summed E-state index contributed by atoms with van der Waals surface area (Å²) in [7, 11) is 0. The van der Waals surface area contributed by atoms with E-state index in [-0.39, 0.29) is 21.5 Å². The average molecular weight is 421 g/mol. The van der Waals surface area contributed by atoms with Gasteiger partial charge in [0.05, 0.1) is 15.6 Å². The molecule has 0 aromatic heterocycles. The normalized spacial score (nSPS) is 15.9. The molecule has 2 aromatic rings. The van der Waals surface area contributed by atoms with E-state index in [0.29, 0.717) is 13.1 Å². The molecule has 1 amide bonds. The number of amides is 1. The van der Waals surface area contributed by atoms with E-state index in [1.165, 1.54) is 11.6 Å². The van der Waals surface area contributed by atoms with Crippen molar-refractivity contribution < 1.29 is 14.3 Å². The maximum absolute atomic E-state index is 12.7. The molecule has 1 unspecified atom stereocenters. The SMILES string of the molecule is CC(OC(=O)c1cccc(Cl)c1Cl)C(=O)N1CCN(Cc2ccccc2)CC1. The molecule has 0 radical (unpaired) electrons. The molecule has 1 aliphatic heterocycles. The van der Waals surface area contributed by atoms with Gasteiger partial charge in [0.25, 0.3) is 5.91 Å². The lowest BCUT2D eigenvalue weighted by molar-refractivity contribution is -0.141.